The molecule has 1 aliphatic carbocycles. The molecule has 4 aliphatic rings. The lowest BCUT2D eigenvalue weighted by molar-refractivity contribution is -0.192. The highest BCUT2D eigenvalue weighted by molar-refractivity contribution is 7.15. The first-order chi connectivity index (χ1) is 22.0. The number of carbonyl (C=O) groups is 3. The second-order valence-electron chi connectivity index (χ2n) is 12.1. The normalized spacial score (nSPS) is 17.3. The number of aromatic nitrogens is 3. The second-order valence-corrected chi connectivity index (χ2v) is 13.7. The molecule has 1 spiro atoms. The van der Waals surface area contributed by atoms with Crippen molar-refractivity contribution in [3.05, 3.63) is 74.7 Å². The molecule has 0 atom stereocenters. The van der Waals surface area contributed by atoms with Crippen LogP contribution in [0.1, 0.15) is 59.4 Å². The maximum Gasteiger partial charge on any atom is 0.246 e. The van der Waals surface area contributed by atoms with Crippen LogP contribution in [-0.4, -0.2) is 82.5 Å². The molecule has 3 aliphatic heterocycles. The van der Waals surface area contributed by atoms with Crippen LogP contribution < -0.4 is 10.6 Å². The Bertz CT molecular complexity index is 1660. The second kappa shape index (κ2) is 14.3. The van der Waals surface area contributed by atoms with E-state index in [4.69, 9.17) is 21.3 Å². The Labute approximate surface area is 278 Å². The summed E-state index contributed by atoms with van der Waals surface area (Å²) in [6.07, 6.45) is 6.03. The summed E-state index contributed by atoms with van der Waals surface area (Å²) in [5.74, 6) is 1.56. The number of aliphatic imine (C=N–C) groups is 1. The molecule has 3 fully saturated rings. The molecule has 3 aromatic rings. The van der Waals surface area contributed by atoms with E-state index in [0.717, 1.165) is 72.1 Å². The van der Waals surface area contributed by atoms with E-state index in [1.54, 1.807) is 23.3 Å². The zero-order chi connectivity index (χ0) is 33.0. The van der Waals surface area contributed by atoms with E-state index in [0.29, 0.717) is 12.6 Å². The molecule has 1 saturated carbocycles. The average molecular weight is 666 g/mol. The molecule has 244 valence electrons. The summed E-state index contributed by atoms with van der Waals surface area (Å²) in [7, 11) is 1.60. The summed E-state index contributed by atoms with van der Waals surface area (Å²) in [6, 6.07) is 8.18. The van der Waals surface area contributed by atoms with Crippen molar-refractivity contribution in [3.63, 3.8) is 0 Å². The monoisotopic (exact) mass is 665 g/mol. The van der Waals surface area contributed by atoms with Gasteiger partial charge in [0.2, 0.25) is 17.7 Å². The predicted octanol–water partition coefficient (Wildman–Crippen LogP) is 4.08. The van der Waals surface area contributed by atoms with Crippen molar-refractivity contribution in [1.82, 2.24) is 30.3 Å². The molecule has 0 bridgehead atoms. The minimum Gasteiger partial charge on any atom is -0.380 e. The van der Waals surface area contributed by atoms with Crippen LogP contribution in [0.4, 0.5) is 0 Å². The number of nitrogens with zero attached hydrogens (tertiary/aromatic N) is 5. The number of halogens is 1. The van der Waals surface area contributed by atoms with Gasteiger partial charge in [-0.1, -0.05) is 23.7 Å². The number of nitrogens with one attached hydrogen (secondary N) is 2. The van der Waals surface area contributed by atoms with Crippen molar-refractivity contribution < 1.29 is 19.1 Å². The van der Waals surface area contributed by atoms with Crippen LogP contribution in [0.3, 0.4) is 0 Å². The molecule has 0 radical (unpaired) electrons. The number of thiophene rings is 1. The zero-order valence-electron chi connectivity index (χ0n) is 26.9. The van der Waals surface area contributed by atoms with Crippen molar-refractivity contribution in [2.75, 3.05) is 33.4 Å². The van der Waals surface area contributed by atoms with Gasteiger partial charge in [0.15, 0.2) is 5.82 Å². The Morgan fingerprint density at radius 2 is 1.74 bits per heavy atom. The van der Waals surface area contributed by atoms with Gasteiger partial charge in [-0.3, -0.25) is 23.9 Å². The fourth-order valence-corrected chi connectivity index (χ4v) is 6.79. The number of ether oxygens (including phenoxy) is 1. The summed E-state index contributed by atoms with van der Waals surface area (Å²) in [5.41, 5.74) is 4.75. The Balaban J connectivity index is 0.000000162. The number of amides is 3. The van der Waals surface area contributed by atoms with Gasteiger partial charge >= 0.3 is 0 Å². The largest absolute Gasteiger partial charge is 0.380 e. The number of likely N-dealkylation sites (tertiary alicyclic amines) is 1. The average Bonchev–Trinajstić information content (AvgIpc) is 3.41. The number of fused-ring (bicyclic) bond motifs is 3. The predicted molar refractivity (Wildman–Crippen MR) is 179 cm³/mol. The molecule has 3 amide bonds. The van der Waals surface area contributed by atoms with Gasteiger partial charge in [0.05, 0.1) is 24.3 Å². The van der Waals surface area contributed by atoms with E-state index < -0.39 is 0 Å². The van der Waals surface area contributed by atoms with Crippen molar-refractivity contribution in [3.8, 4) is 5.00 Å². The lowest BCUT2D eigenvalue weighted by atomic mass is 9.78. The molecule has 2 saturated heterocycles. The molecule has 5 heterocycles. The van der Waals surface area contributed by atoms with E-state index >= 15 is 0 Å². The molecule has 1 aromatic carbocycles. The van der Waals surface area contributed by atoms with E-state index in [1.807, 2.05) is 31.2 Å². The molecular formula is C33H40ClN7O4S. The molecule has 2 N–H and O–H groups in total. The summed E-state index contributed by atoms with van der Waals surface area (Å²) in [5, 5.41) is 15.7. The maximum absolute atomic E-state index is 11.7. The summed E-state index contributed by atoms with van der Waals surface area (Å²) in [6.45, 7) is 11.3. The van der Waals surface area contributed by atoms with Gasteiger partial charge in [-0.2, -0.15) is 0 Å². The SMILES string of the molecule is CNC(C)=O.Cc1sc2c(c1C)C(c1ccc(Cl)cc1)=NCc1nnc(C)n1-2.O=C(/C=C/C(=O)N1CC2(COC2)C1)NC1CCC1. The van der Waals surface area contributed by atoms with E-state index in [9.17, 15) is 14.4 Å². The summed E-state index contributed by atoms with van der Waals surface area (Å²) < 4.78 is 7.28. The lowest BCUT2D eigenvalue weighted by Gasteiger charge is -2.54. The van der Waals surface area contributed by atoms with Crippen LogP contribution in [0.15, 0.2) is 41.4 Å². The molecule has 13 heteroatoms. The van der Waals surface area contributed by atoms with Crippen molar-refractivity contribution in [2.24, 2.45) is 10.4 Å². The quantitative estimate of drug-likeness (QED) is 0.404. The standard InChI is InChI=1S/C17H15ClN4S.C13H18N2O3.C3H7NO/c1-9-10(2)23-17-15(9)16(12-4-6-13(18)7-5-12)19-8-14-21-20-11(3)22(14)17;16-11(14-10-2-1-3-10)4-5-12(17)15-6-13(7-15)8-18-9-13;1-3(5)4-2/h4-7H,8H2,1-3H3;4-5,10H,1-3,6-9H2,(H,14,16);1-2H3,(H,4,5)/b;5-4+;. The van der Waals surface area contributed by atoms with Crippen LogP contribution in [0.25, 0.3) is 5.00 Å². The van der Waals surface area contributed by atoms with Crippen molar-refractivity contribution in [2.45, 2.75) is 59.5 Å². The first-order valence-corrected chi connectivity index (χ1v) is 16.6. The third-order valence-corrected chi connectivity index (χ3v) is 10.0. The molecule has 0 unspecified atom stereocenters. The van der Waals surface area contributed by atoms with E-state index in [-0.39, 0.29) is 23.1 Å². The first-order valence-electron chi connectivity index (χ1n) is 15.4. The topological polar surface area (TPSA) is 131 Å². The minimum absolute atomic E-state index is 0.00463. The maximum atomic E-state index is 11.7. The third-order valence-electron chi connectivity index (χ3n) is 8.56. The Morgan fingerprint density at radius 1 is 1.07 bits per heavy atom. The smallest absolute Gasteiger partial charge is 0.246 e. The third kappa shape index (κ3) is 7.40. The first kappa shape index (κ1) is 33.5. The van der Waals surface area contributed by atoms with Gasteiger partial charge in [0, 0.05) is 66.3 Å². The fraction of sp³-hybridized carbons (Fsp3) is 0.455. The van der Waals surface area contributed by atoms with Gasteiger partial charge in [-0.05, 0) is 57.7 Å². The number of hydrogen-bond acceptors (Lipinski definition) is 8. The van der Waals surface area contributed by atoms with Gasteiger partial charge < -0.3 is 20.3 Å². The number of rotatable bonds is 4. The van der Waals surface area contributed by atoms with Gasteiger partial charge in [0.1, 0.15) is 17.4 Å². The van der Waals surface area contributed by atoms with E-state index in [2.05, 4.69) is 39.2 Å². The molecule has 7 rings (SSSR count). The summed E-state index contributed by atoms with van der Waals surface area (Å²) in [4.78, 5) is 40.8. The Hall–Kier alpha value is -3.87. The van der Waals surface area contributed by atoms with Crippen LogP contribution in [-0.2, 0) is 25.7 Å². The highest BCUT2D eigenvalue weighted by atomic mass is 35.5. The van der Waals surface area contributed by atoms with Crippen molar-refractivity contribution in [1.29, 1.82) is 0 Å². The van der Waals surface area contributed by atoms with Gasteiger partial charge in [-0.15, -0.1) is 21.5 Å². The molecule has 11 nitrogen and oxygen atoms in total. The van der Waals surface area contributed by atoms with Crippen LogP contribution >= 0.6 is 22.9 Å². The fourth-order valence-electron chi connectivity index (χ4n) is 5.44. The highest BCUT2D eigenvalue weighted by Gasteiger charge is 2.50. The summed E-state index contributed by atoms with van der Waals surface area (Å²) >= 11 is 7.80. The molecular weight excluding hydrogens is 626 g/mol. The minimum atomic E-state index is -0.157. The Kier molecular flexibility index (Phi) is 10.4. The molecule has 2 aromatic heterocycles. The van der Waals surface area contributed by atoms with Gasteiger partial charge in [-0.25, -0.2) is 0 Å². The number of hydrogen-bond donors (Lipinski definition) is 2. The van der Waals surface area contributed by atoms with Crippen LogP contribution in [0.2, 0.25) is 5.02 Å². The zero-order valence-corrected chi connectivity index (χ0v) is 28.4. The molecule has 46 heavy (non-hydrogen) atoms. The van der Waals surface area contributed by atoms with Crippen LogP contribution in [0, 0.1) is 26.2 Å². The highest BCUT2D eigenvalue weighted by Crippen LogP contribution is 2.38. The van der Waals surface area contributed by atoms with E-state index in [1.165, 1.54) is 41.5 Å². The van der Waals surface area contributed by atoms with Gasteiger partial charge in [0.25, 0.3) is 0 Å². The van der Waals surface area contributed by atoms with Crippen LogP contribution in [0.5, 0.6) is 0 Å². The number of carbonyl (C=O) groups excluding carboxylic acids is 3. The number of benzene rings is 1. The number of aryl methyl sites for hydroxylation is 2. The Morgan fingerprint density at radius 3 is 2.30 bits per heavy atom. The lowest BCUT2D eigenvalue weighted by Crippen LogP contribution is -2.66. The van der Waals surface area contributed by atoms with Crippen molar-refractivity contribution >= 4 is 46.4 Å².